The van der Waals surface area contributed by atoms with Gasteiger partial charge in [0.25, 0.3) is 0 Å². The maximum Gasteiger partial charge on any atom is 0.314 e. The highest BCUT2D eigenvalue weighted by molar-refractivity contribution is 7.98. The third-order valence-corrected chi connectivity index (χ3v) is 4.95. The molecule has 6 nitrogen and oxygen atoms in total. The van der Waals surface area contributed by atoms with Crippen molar-refractivity contribution >= 4 is 29.4 Å². The monoisotopic (exact) mass is 344 g/mol. The summed E-state index contributed by atoms with van der Waals surface area (Å²) in [5.74, 6) is 0.907. The number of nitrogens with one attached hydrogen (secondary N) is 2. The quantitative estimate of drug-likeness (QED) is 0.836. The molecule has 0 unspecified atom stereocenters. The number of amides is 2. The van der Waals surface area contributed by atoms with Crippen molar-refractivity contribution in [3.05, 3.63) is 41.6 Å². The van der Waals surface area contributed by atoms with Gasteiger partial charge in [-0.1, -0.05) is 25.1 Å². The first kappa shape index (κ1) is 16.6. The van der Waals surface area contributed by atoms with E-state index in [0.717, 1.165) is 34.9 Å². The molecule has 2 aromatic rings. The van der Waals surface area contributed by atoms with E-state index in [-0.39, 0.29) is 6.04 Å². The van der Waals surface area contributed by atoms with Crippen LogP contribution in [0.5, 0.6) is 0 Å². The van der Waals surface area contributed by atoms with Crippen molar-refractivity contribution in [2.45, 2.75) is 37.8 Å². The summed E-state index contributed by atoms with van der Waals surface area (Å²) in [6.07, 6.45) is 0.771. The van der Waals surface area contributed by atoms with Gasteiger partial charge in [0.15, 0.2) is 0 Å². The maximum absolute atomic E-state index is 12.3. The molecular weight excluding hydrogens is 324 g/mol. The standard InChI is InChI=1S/C17H20N4O2S/c1-3-11(2)18-16(22)17(23)19-15-13-9-24-10-14(13)20-21(15)12-7-5-4-6-8-12/h4-8,11H,3,9-10H2,1-2H3,(H,18,22)(H,19,23)/t11-/m1/s1. The van der Waals surface area contributed by atoms with E-state index in [0.29, 0.717) is 5.82 Å². The molecule has 1 aliphatic heterocycles. The summed E-state index contributed by atoms with van der Waals surface area (Å²) in [5, 5.41) is 10.0. The summed E-state index contributed by atoms with van der Waals surface area (Å²) in [6.45, 7) is 3.82. The van der Waals surface area contributed by atoms with Crippen LogP contribution in [-0.2, 0) is 21.1 Å². The van der Waals surface area contributed by atoms with Crippen molar-refractivity contribution in [1.82, 2.24) is 15.1 Å². The van der Waals surface area contributed by atoms with E-state index >= 15 is 0 Å². The van der Waals surface area contributed by atoms with Crippen LogP contribution in [0.2, 0.25) is 0 Å². The van der Waals surface area contributed by atoms with E-state index < -0.39 is 11.8 Å². The van der Waals surface area contributed by atoms with Crippen LogP contribution in [0.25, 0.3) is 5.69 Å². The molecule has 1 aromatic heterocycles. The molecule has 0 bridgehead atoms. The molecule has 126 valence electrons. The number of carbonyl (C=O) groups excluding carboxylic acids is 2. The Morgan fingerprint density at radius 3 is 2.71 bits per heavy atom. The molecule has 7 heteroatoms. The van der Waals surface area contributed by atoms with Gasteiger partial charge in [-0.2, -0.15) is 16.9 Å². The number of rotatable bonds is 4. The third kappa shape index (κ3) is 3.31. The highest BCUT2D eigenvalue weighted by Gasteiger charge is 2.26. The normalized spacial score (nSPS) is 14.1. The highest BCUT2D eigenvalue weighted by atomic mass is 32.2. The summed E-state index contributed by atoms with van der Waals surface area (Å²) in [5.41, 5.74) is 2.81. The molecule has 0 saturated heterocycles. The fourth-order valence-electron chi connectivity index (χ4n) is 2.45. The number of hydrogen-bond donors (Lipinski definition) is 2. The second kappa shape index (κ2) is 7.09. The Morgan fingerprint density at radius 1 is 1.25 bits per heavy atom. The molecule has 2 amide bonds. The van der Waals surface area contributed by atoms with Crippen LogP contribution >= 0.6 is 11.8 Å². The molecule has 0 fully saturated rings. The van der Waals surface area contributed by atoms with E-state index in [9.17, 15) is 9.59 Å². The Kier molecular flexibility index (Phi) is 4.89. The molecule has 0 saturated carbocycles. The van der Waals surface area contributed by atoms with Gasteiger partial charge in [0.05, 0.1) is 11.4 Å². The lowest BCUT2D eigenvalue weighted by Crippen LogP contribution is -2.40. The van der Waals surface area contributed by atoms with Gasteiger partial charge in [0.1, 0.15) is 5.82 Å². The number of para-hydroxylation sites is 1. The average molecular weight is 344 g/mol. The second-order valence-electron chi connectivity index (χ2n) is 5.75. The molecule has 1 aromatic carbocycles. The molecular formula is C17H20N4O2S. The zero-order valence-corrected chi connectivity index (χ0v) is 14.5. The molecule has 2 N–H and O–H groups in total. The van der Waals surface area contributed by atoms with Gasteiger partial charge in [-0.15, -0.1) is 0 Å². The molecule has 0 radical (unpaired) electrons. The van der Waals surface area contributed by atoms with E-state index in [1.807, 2.05) is 44.2 Å². The van der Waals surface area contributed by atoms with Crippen molar-refractivity contribution in [2.75, 3.05) is 5.32 Å². The minimum Gasteiger partial charge on any atom is -0.345 e. The number of carbonyl (C=O) groups is 2. The van der Waals surface area contributed by atoms with Crippen LogP contribution in [0.3, 0.4) is 0 Å². The van der Waals surface area contributed by atoms with E-state index in [1.54, 1.807) is 16.4 Å². The van der Waals surface area contributed by atoms with Crippen LogP contribution in [0.1, 0.15) is 31.5 Å². The lowest BCUT2D eigenvalue weighted by Gasteiger charge is -2.13. The van der Waals surface area contributed by atoms with E-state index in [4.69, 9.17) is 0 Å². The number of fused-ring (bicyclic) bond motifs is 1. The number of nitrogens with zero attached hydrogens (tertiary/aromatic N) is 2. The summed E-state index contributed by atoms with van der Waals surface area (Å²) in [6, 6.07) is 9.56. The number of aromatic nitrogens is 2. The van der Waals surface area contributed by atoms with Gasteiger partial charge in [0, 0.05) is 23.1 Å². The van der Waals surface area contributed by atoms with Gasteiger partial charge in [0.2, 0.25) is 0 Å². The first-order chi connectivity index (χ1) is 11.6. The molecule has 0 aliphatic carbocycles. The smallest absolute Gasteiger partial charge is 0.314 e. The number of anilines is 1. The second-order valence-corrected chi connectivity index (χ2v) is 6.74. The Balaban J connectivity index is 1.87. The Hall–Kier alpha value is -2.28. The third-order valence-electron chi connectivity index (χ3n) is 3.98. The van der Waals surface area contributed by atoms with Crippen molar-refractivity contribution in [3.8, 4) is 5.69 Å². The van der Waals surface area contributed by atoms with Gasteiger partial charge in [-0.3, -0.25) is 9.59 Å². The Bertz CT molecular complexity index is 757. The van der Waals surface area contributed by atoms with E-state index in [2.05, 4.69) is 15.7 Å². The van der Waals surface area contributed by atoms with Gasteiger partial charge < -0.3 is 10.6 Å². The SMILES string of the molecule is CC[C@@H](C)NC(=O)C(=O)Nc1c2c(nn1-c1ccccc1)CSC2. The Labute approximate surface area is 145 Å². The molecule has 0 spiro atoms. The summed E-state index contributed by atoms with van der Waals surface area (Å²) in [4.78, 5) is 24.3. The fourth-order valence-corrected chi connectivity index (χ4v) is 3.49. The van der Waals surface area contributed by atoms with Crippen LogP contribution in [0, 0.1) is 0 Å². The van der Waals surface area contributed by atoms with Crippen molar-refractivity contribution < 1.29 is 9.59 Å². The first-order valence-electron chi connectivity index (χ1n) is 7.96. The first-order valence-corrected chi connectivity index (χ1v) is 9.11. The molecule has 1 aliphatic rings. The summed E-state index contributed by atoms with van der Waals surface area (Å²) in [7, 11) is 0. The fraction of sp³-hybridized carbons (Fsp3) is 0.353. The van der Waals surface area contributed by atoms with Gasteiger partial charge >= 0.3 is 11.8 Å². The van der Waals surface area contributed by atoms with Crippen LogP contribution < -0.4 is 10.6 Å². The van der Waals surface area contributed by atoms with Crippen LogP contribution in [0.4, 0.5) is 5.82 Å². The zero-order valence-electron chi connectivity index (χ0n) is 13.7. The van der Waals surface area contributed by atoms with Crippen molar-refractivity contribution in [3.63, 3.8) is 0 Å². The van der Waals surface area contributed by atoms with Crippen molar-refractivity contribution in [1.29, 1.82) is 0 Å². The topological polar surface area (TPSA) is 76.0 Å². The number of thioether (sulfide) groups is 1. The summed E-state index contributed by atoms with van der Waals surface area (Å²) < 4.78 is 1.71. The molecule has 3 rings (SSSR count). The van der Waals surface area contributed by atoms with Crippen LogP contribution in [0.15, 0.2) is 30.3 Å². The minimum atomic E-state index is -0.660. The highest BCUT2D eigenvalue weighted by Crippen LogP contribution is 2.35. The van der Waals surface area contributed by atoms with Crippen molar-refractivity contribution in [2.24, 2.45) is 0 Å². The number of benzene rings is 1. The molecule has 1 atom stereocenters. The lowest BCUT2D eigenvalue weighted by molar-refractivity contribution is -0.136. The minimum absolute atomic E-state index is 0.0384. The van der Waals surface area contributed by atoms with Gasteiger partial charge in [-0.25, -0.2) is 4.68 Å². The van der Waals surface area contributed by atoms with Crippen LogP contribution in [-0.4, -0.2) is 27.6 Å². The summed E-state index contributed by atoms with van der Waals surface area (Å²) >= 11 is 1.75. The van der Waals surface area contributed by atoms with Gasteiger partial charge in [-0.05, 0) is 25.5 Å². The predicted octanol–water partition coefficient (Wildman–Crippen LogP) is 2.47. The maximum atomic E-state index is 12.3. The average Bonchev–Trinajstić information content (AvgIpc) is 3.18. The van der Waals surface area contributed by atoms with E-state index in [1.165, 1.54) is 0 Å². The lowest BCUT2D eigenvalue weighted by atomic mass is 10.2. The molecule has 24 heavy (non-hydrogen) atoms. The number of hydrogen-bond acceptors (Lipinski definition) is 4. The largest absolute Gasteiger partial charge is 0.345 e. The predicted molar refractivity (Wildman–Crippen MR) is 95.1 cm³/mol. The zero-order chi connectivity index (χ0) is 17.1. The molecule has 2 heterocycles. The Morgan fingerprint density at radius 2 is 2.00 bits per heavy atom.